The van der Waals surface area contributed by atoms with Gasteiger partial charge >= 0.3 is 0 Å². The van der Waals surface area contributed by atoms with Crippen molar-refractivity contribution in [2.24, 2.45) is 0 Å². The number of hydrogen-bond acceptors (Lipinski definition) is 6. The van der Waals surface area contributed by atoms with E-state index in [0.717, 1.165) is 48.0 Å². The molecule has 1 aliphatic heterocycles. The Morgan fingerprint density at radius 3 is 2.94 bits per heavy atom. The molecule has 1 unspecified atom stereocenters. The lowest BCUT2D eigenvalue weighted by atomic mass is 10.1. The number of nitriles is 1. The Kier molecular flexibility index (Phi) is 3.79. The number of nitrogens with zero attached hydrogens (tertiary/aromatic N) is 7. The Morgan fingerprint density at radius 1 is 1.23 bits per heavy atom. The lowest BCUT2D eigenvalue weighted by Gasteiger charge is -2.23. The van der Waals surface area contributed by atoms with Gasteiger partial charge in [0.25, 0.3) is 0 Å². The van der Waals surface area contributed by atoms with Crippen molar-refractivity contribution in [3.8, 4) is 11.8 Å². The number of hydrogen-bond donors (Lipinski definition) is 1. The van der Waals surface area contributed by atoms with Gasteiger partial charge in [0.05, 0.1) is 22.8 Å². The number of aryl methyl sites for hydroxylation is 1. The molecule has 1 aromatic carbocycles. The minimum Gasteiger partial charge on any atom is -0.384 e. The molecule has 6 rings (SSSR count). The summed E-state index contributed by atoms with van der Waals surface area (Å²) in [6.45, 7) is 2.77. The van der Waals surface area contributed by atoms with Gasteiger partial charge in [0.15, 0.2) is 11.9 Å². The minimum atomic E-state index is -0.0714. The third-order valence-electron chi connectivity index (χ3n) is 6.10. The number of nitrogen functional groups attached to an aromatic ring is 1. The van der Waals surface area contributed by atoms with Crippen molar-refractivity contribution in [1.29, 1.82) is 5.26 Å². The van der Waals surface area contributed by atoms with Crippen molar-refractivity contribution in [2.75, 3.05) is 12.3 Å². The minimum absolute atomic E-state index is 0.0714. The Labute approximate surface area is 177 Å². The van der Waals surface area contributed by atoms with Crippen LogP contribution in [-0.4, -0.2) is 35.3 Å². The Hall–Kier alpha value is -3.90. The van der Waals surface area contributed by atoms with Crippen molar-refractivity contribution in [3.63, 3.8) is 0 Å². The fraction of sp³-hybridized carbons (Fsp3) is 0.273. The highest BCUT2D eigenvalue weighted by Gasteiger charge is 2.25. The predicted molar refractivity (Wildman–Crippen MR) is 116 cm³/mol. The van der Waals surface area contributed by atoms with Crippen molar-refractivity contribution in [3.05, 3.63) is 48.2 Å². The van der Waals surface area contributed by atoms with Crippen molar-refractivity contribution < 1.29 is 4.74 Å². The zero-order valence-electron chi connectivity index (χ0n) is 17.0. The number of benzene rings is 1. The highest BCUT2D eigenvalue weighted by Crippen LogP contribution is 2.37. The normalized spacial score (nSPS) is 17.0. The number of anilines is 1. The Bertz CT molecular complexity index is 1510. The van der Waals surface area contributed by atoms with E-state index in [9.17, 15) is 5.26 Å². The second kappa shape index (κ2) is 6.55. The van der Waals surface area contributed by atoms with Gasteiger partial charge in [0.1, 0.15) is 29.4 Å². The van der Waals surface area contributed by atoms with Crippen molar-refractivity contribution in [2.45, 2.75) is 32.4 Å². The van der Waals surface area contributed by atoms with Gasteiger partial charge in [-0.15, -0.1) is 0 Å². The molecule has 0 bridgehead atoms. The van der Waals surface area contributed by atoms with E-state index < -0.39 is 0 Å². The van der Waals surface area contributed by atoms with Crippen LogP contribution in [0.25, 0.3) is 33.3 Å². The van der Waals surface area contributed by atoms with Crippen LogP contribution in [0, 0.1) is 18.3 Å². The molecule has 4 aromatic heterocycles. The lowest BCUT2D eigenvalue weighted by molar-refractivity contribution is -0.0366. The van der Waals surface area contributed by atoms with E-state index in [1.165, 1.54) is 0 Å². The summed E-state index contributed by atoms with van der Waals surface area (Å²) in [5.74, 6) is 0.346. The summed E-state index contributed by atoms with van der Waals surface area (Å²) in [5.41, 5.74) is 11.0. The van der Waals surface area contributed by atoms with Crippen LogP contribution in [0.4, 0.5) is 5.82 Å². The first-order valence-electron chi connectivity index (χ1n) is 10.3. The van der Waals surface area contributed by atoms with Crippen LogP contribution in [-0.2, 0) is 4.74 Å². The third kappa shape index (κ3) is 2.42. The molecule has 2 N–H and O–H groups in total. The van der Waals surface area contributed by atoms with Crippen LogP contribution >= 0.6 is 0 Å². The Morgan fingerprint density at radius 2 is 2.13 bits per heavy atom. The number of imidazole rings is 1. The summed E-state index contributed by atoms with van der Waals surface area (Å²) in [4.78, 5) is 9.06. The maximum absolute atomic E-state index is 9.89. The molecule has 5 aromatic rings. The fourth-order valence-electron chi connectivity index (χ4n) is 4.63. The highest BCUT2D eigenvalue weighted by molar-refractivity contribution is 6.02. The molecule has 0 spiro atoms. The van der Waals surface area contributed by atoms with Crippen LogP contribution in [0.5, 0.6) is 0 Å². The van der Waals surface area contributed by atoms with Gasteiger partial charge in [-0.1, -0.05) is 6.07 Å². The van der Waals surface area contributed by atoms with Crippen LogP contribution in [0.2, 0.25) is 0 Å². The summed E-state index contributed by atoms with van der Waals surface area (Å²) < 4.78 is 11.6. The first-order valence-corrected chi connectivity index (χ1v) is 10.3. The maximum Gasteiger partial charge on any atom is 0.153 e. The second-order valence-corrected chi connectivity index (χ2v) is 7.88. The smallest absolute Gasteiger partial charge is 0.153 e. The zero-order valence-corrected chi connectivity index (χ0v) is 17.0. The molecule has 0 saturated carbocycles. The third-order valence-corrected chi connectivity index (χ3v) is 6.10. The van der Waals surface area contributed by atoms with Crippen LogP contribution in [0.1, 0.15) is 36.6 Å². The van der Waals surface area contributed by atoms with Crippen molar-refractivity contribution in [1.82, 2.24) is 28.7 Å². The van der Waals surface area contributed by atoms with E-state index in [2.05, 4.69) is 27.2 Å². The van der Waals surface area contributed by atoms with E-state index in [0.29, 0.717) is 28.1 Å². The largest absolute Gasteiger partial charge is 0.384 e. The summed E-state index contributed by atoms with van der Waals surface area (Å²) in [5, 5.41) is 16.1. The van der Waals surface area contributed by atoms with Crippen LogP contribution in [0.15, 0.2) is 37.1 Å². The number of rotatable bonds is 2. The molecule has 0 radical (unpaired) electrons. The molecule has 1 atom stereocenters. The number of nitrogens with two attached hydrogens (primary N) is 1. The summed E-state index contributed by atoms with van der Waals surface area (Å²) in [7, 11) is 0. The highest BCUT2D eigenvalue weighted by atomic mass is 16.5. The summed E-state index contributed by atoms with van der Waals surface area (Å²) >= 11 is 0. The maximum atomic E-state index is 9.89. The number of fused-ring (bicyclic) bond motifs is 4. The van der Waals surface area contributed by atoms with E-state index in [1.54, 1.807) is 23.1 Å². The predicted octanol–water partition coefficient (Wildman–Crippen LogP) is 3.48. The average Bonchev–Trinajstić information content (AvgIpc) is 3.50. The molecular formula is C22H20N8O. The number of ether oxygens (including phenoxy) is 1. The molecule has 31 heavy (non-hydrogen) atoms. The molecule has 1 saturated heterocycles. The standard InChI is InChI=1S/C22H20N8O/c1-13-5-6-16-15(11-27-30(16)17-4-2-3-9-31-17)19(13)29-20(24)14(10-23)18-21-25-7-8-28(21)12-26-22(18)29/h5-8,11-12,17H,2-4,9,24H2,1H3. The van der Waals surface area contributed by atoms with Gasteiger partial charge in [0.2, 0.25) is 0 Å². The molecule has 5 heterocycles. The molecule has 154 valence electrons. The fourth-order valence-corrected chi connectivity index (χ4v) is 4.63. The lowest BCUT2D eigenvalue weighted by Crippen LogP contribution is -2.19. The molecule has 9 heteroatoms. The SMILES string of the molecule is Cc1ccc2c(cnn2C2CCCCO2)c1-n1c(N)c(C#N)c2c1ncn1ccnc21. The van der Waals surface area contributed by atoms with E-state index in [1.807, 2.05) is 28.4 Å². The Balaban J connectivity index is 1.67. The topological polar surface area (TPSA) is 112 Å². The first kappa shape index (κ1) is 17.9. The first-order chi connectivity index (χ1) is 15.2. The van der Waals surface area contributed by atoms with Crippen LogP contribution in [0.3, 0.4) is 0 Å². The molecule has 0 aliphatic carbocycles. The molecular weight excluding hydrogens is 392 g/mol. The quantitative estimate of drug-likeness (QED) is 0.475. The second-order valence-electron chi connectivity index (χ2n) is 7.88. The average molecular weight is 412 g/mol. The zero-order chi connectivity index (χ0) is 21.1. The van der Waals surface area contributed by atoms with E-state index in [-0.39, 0.29) is 6.23 Å². The molecule has 9 nitrogen and oxygen atoms in total. The monoisotopic (exact) mass is 412 g/mol. The van der Waals surface area contributed by atoms with Gasteiger partial charge in [-0.25, -0.2) is 14.6 Å². The molecule has 0 amide bonds. The van der Waals surface area contributed by atoms with Crippen molar-refractivity contribution >= 4 is 33.4 Å². The van der Waals surface area contributed by atoms with E-state index in [4.69, 9.17) is 10.5 Å². The summed E-state index contributed by atoms with van der Waals surface area (Å²) in [6.07, 6.45) is 10.1. The van der Waals surface area contributed by atoms with Gasteiger partial charge < -0.3 is 10.5 Å². The molecule has 1 aliphatic rings. The molecule has 1 fully saturated rings. The van der Waals surface area contributed by atoms with Gasteiger partial charge in [-0.05, 0) is 37.8 Å². The van der Waals surface area contributed by atoms with Crippen LogP contribution < -0.4 is 5.73 Å². The van der Waals surface area contributed by atoms with E-state index >= 15 is 0 Å². The number of aromatic nitrogens is 6. The van der Waals surface area contributed by atoms with Gasteiger partial charge in [-0.3, -0.25) is 8.97 Å². The van der Waals surface area contributed by atoms with Gasteiger partial charge in [-0.2, -0.15) is 10.4 Å². The summed E-state index contributed by atoms with van der Waals surface area (Å²) in [6, 6.07) is 6.36. The van der Waals surface area contributed by atoms with Gasteiger partial charge in [0, 0.05) is 24.4 Å².